The van der Waals surface area contributed by atoms with Crippen LogP contribution in [0, 0.1) is 19.3 Å². The fourth-order valence-electron chi connectivity index (χ4n) is 3.14. The predicted molar refractivity (Wildman–Crippen MR) is 82.2 cm³/mol. The smallest absolute Gasteiger partial charge is 0.311 e. The zero-order valence-electron chi connectivity index (χ0n) is 13.4. The van der Waals surface area contributed by atoms with Crippen LogP contribution < -0.4 is 0 Å². The number of carbonyl (C=O) groups is 2. The molecule has 7 nitrogen and oxygen atoms in total. The summed E-state index contributed by atoms with van der Waals surface area (Å²) in [5.74, 6) is -1.06. The Bertz CT molecular complexity index is 798. The second-order valence-corrected chi connectivity index (χ2v) is 6.46. The van der Waals surface area contributed by atoms with E-state index in [2.05, 4.69) is 10.1 Å². The number of aliphatic carboxylic acids is 1. The van der Waals surface area contributed by atoms with Gasteiger partial charge in [0.1, 0.15) is 0 Å². The second kappa shape index (κ2) is 5.33. The zero-order valence-corrected chi connectivity index (χ0v) is 13.4. The monoisotopic (exact) mass is 317 g/mol. The Hall–Kier alpha value is -2.44. The highest BCUT2D eigenvalue weighted by Crippen LogP contribution is 2.31. The van der Waals surface area contributed by atoms with Gasteiger partial charge in [0.2, 0.25) is 0 Å². The van der Waals surface area contributed by atoms with Crippen molar-refractivity contribution in [3.05, 3.63) is 23.0 Å². The number of nitrogens with zero attached hydrogens (tertiary/aromatic N) is 3. The van der Waals surface area contributed by atoms with Crippen molar-refractivity contribution >= 4 is 23.0 Å². The minimum absolute atomic E-state index is 0.195. The van der Waals surface area contributed by atoms with Crippen molar-refractivity contribution in [1.29, 1.82) is 0 Å². The van der Waals surface area contributed by atoms with Gasteiger partial charge in [-0.05, 0) is 39.7 Å². The lowest BCUT2D eigenvalue weighted by Crippen LogP contribution is -2.48. The Balaban J connectivity index is 2.00. The molecule has 1 amide bonds. The summed E-state index contributed by atoms with van der Waals surface area (Å²) in [6.07, 6.45) is 1.24. The van der Waals surface area contributed by atoms with E-state index in [1.54, 1.807) is 31.7 Å². The van der Waals surface area contributed by atoms with Gasteiger partial charge in [-0.2, -0.15) is 0 Å². The first-order chi connectivity index (χ1) is 10.8. The first-order valence-electron chi connectivity index (χ1n) is 7.58. The molecule has 1 atom stereocenters. The number of fused-ring (bicyclic) bond motifs is 1. The Kier molecular flexibility index (Phi) is 3.58. The van der Waals surface area contributed by atoms with Crippen molar-refractivity contribution in [1.82, 2.24) is 15.0 Å². The van der Waals surface area contributed by atoms with E-state index in [0.717, 1.165) is 0 Å². The highest BCUT2D eigenvalue weighted by molar-refractivity contribution is 6.06. The van der Waals surface area contributed by atoms with E-state index >= 15 is 0 Å². The third kappa shape index (κ3) is 2.56. The van der Waals surface area contributed by atoms with Gasteiger partial charge in [0.25, 0.3) is 11.6 Å². The second-order valence-electron chi connectivity index (χ2n) is 6.46. The van der Waals surface area contributed by atoms with Crippen molar-refractivity contribution in [2.45, 2.75) is 33.6 Å². The van der Waals surface area contributed by atoms with E-state index in [4.69, 9.17) is 4.52 Å². The summed E-state index contributed by atoms with van der Waals surface area (Å²) in [6.45, 7) is 5.99. The van der Waals surface area contributed by atoms with Crippen LogP contribution in [0.2, 0.25) is 0 Å². The number of pyridine rings is 1. The van der Waals surface area contributed by atoms with Gasteiger partial charge in [0.05, 0.1) is 22.1 Å². The molecule has 3 rings (SSSR count). The number of carboxylic acids is 1. The maximum absolute atomic E-state index is 13.0. The summed E-state index contributed by atoms with van der Waals surface area (Å²) in [5.41, 5.74) is 1.17. The van der Waals surface area contributed by atoms with E-state index in [0.29, 0.717) is 47.4 Å². The molecule has 2 aromatic rings. The summed E-state index contributed by atoms with van der Waals surface area (Å²) in [7, 11) is 0. The van der Waals surface area contributed by atoms with Gasteiger partial charge in [-0.3, -0.25) is 9.59 Å². The van der Waals surface area contributed by atoms with Crippen molar-refractivity contribution in [3.63, 3.8) is 0 Å². The highest BCUT2D eigenvalue weighted by Gasteiger charge is 2.40. The Morgan fingerprint density at radius 3 is 2.83 bits per heavy atom. The molecule has 1 saturated heterocycles. The van der Waals surface area contributed by atoms with Gasteiger partial charge >= 0.3 is 5.97 Å². The molecule has 0 spiro atoms. The van der Waals surface area contributed by atoms with Gasteiger partial charge in [0.15, 0.2) is 0 Å². The summed E-state index contributed by atoms with van der Waals surface area (Å²) in [5, 5.41) is 13.9. The molecule has 122 valence electrons. The van der Waals surface area contributed by atoms with Crippen molar-refractivity contribution in [2.24, 2.45) is 5.41 Å². The van der Waals surface area contributed by atoms with Crippen molar-refractivity contribution < 1.29 is 19.2 Å². The van der Waals surface area contributed by atoms with Gasteiger partial charge in [-0.15, -0.1) is 0 Å². The van der Waals surface area contributed by atoms with E-state index in [1.165, 1.54) is 0 Å². The fourth-order valence-corrected chi connectivity index (χ4v) is 3.14. The lowest BCUT2D eigenvalue weighted by atomic mass is 9.82. The molecule has 1 N–H and O–H groups in total. The number of hydrogen-bond acceptors (Lipinski definition) is 5. The molecule has 0 bridgehead atoms. The maximum atomic E-state index is 13.0. The molecule has 0 radical (unpaired) electrons. The predicted octanol–water partition coefficient (Wildman–Crippen LogP) is 2.17. The lowest BCUT2D eigenvalue weighted by molar-refractivity contribution is -0.150. The van der Waals surface area contributed by atoms with E-state index in [9.17, 15) is 14.7 Å². The quantitative estimate of drug-likeness (QED) is 0.911. The first kappa shape index (κ1) is 15.5. The van der Waals surface area contributed by atoms with Crippen LogP contribution in [0.3, 0.4) is 0 Å². The van der Waals surface area contributed by atoms with E-state index < -0.39 is 11.4 Å². The molecular formula is C16H19N3O4. The number of rotatable bonds is 2. The van der Waals surface area contributed by atoms with Crippen LogP contribution in [-0.4, -0.2) is 45.1 Å². The SMILES string of the molecule is Cc1cc(C(=O)N2CCCC(C)(C(=O)O)C2)c2c(C)noc2n1. The zero-order chi connectivity index (χ0) is 16.8. The molecule has 1 fully saturated rings. The van der Waals surface area contributed by atoms with Crippen LogP contribution in [0.15, 0.2) is 10.6 Å². The fraction of sp³-hybridized carbons (Fsp3) is 0.500. The Labute approximate surface area is 133 Å². The number of piperidine rings is 1. The van der Waals surface area contributed by atoms with Gasteiger partial charge in [0, 0.05) is 18.8 Å². The molecule has 2 aromatic heterocycles. The van der Waals surface area contributed by atoms with Crippen LogP contribution in [-0.2, 0) is 4.79 Å². The Morgan fingerprint density at radius 1 is 1.39 bits per heavy atom. The third-order valence-electron chi connectivity index (χ3n) is 4.48. The summed E-state index contributed by atoms with van der Waals surface area (Å²) in [4.78, 5) is 30.3. The number of hydrogen-bond donors (Lipinski definition) is 1. The molecular weight excluding hydrogens is 298 g/mol. The van der Waals surface area contributed by atoms with Gasteiger partial charge in [-0.25, -0.2) is 4.98 Å². The van der Waals surface area contributed by atoms with Crippen LogP contribution in [0.4, 0.5) is 0 Å². The topological polar surface area (TPSA) is 96.5 Å². The molecule has 0 aromatic carbocycles. The summed E-state index contributed by atoms with van der Waals surface area (Å²) in [6, 6.07) is 1.71. The minimum Gasteiger partial charge on any atom is -0.481 e. The van der Waals surface area contributed by atoms with Crippen molar-refractivity contribution in [3.8, 4) is 0 Å². The minimum atomic E-state index is -0.904. The highest BCUT2D eigenvalue weighted by atomic mass is 16.5. The third-order valence-corrected chi connectivity index (χ3v) is 4.48. The molecule has 1 aliphatic rings. The number of carbonyl (C=O) groups excluding carboxylic acids is 1. The average molecular weight is 317 g/mol. The molecule has 0 aliphatic carbocycles. The van der Waals surface area contributed by atoms with Gasteiger partial charge < -0.3 is 14.5 Å². The van der Waals surface area contributed by atoms with Crippen molar-refractivity contribution in [2.75, 3.05) is 13.1 Å². The molecule has 1 unspecified atom stereocenters. The van der Waals surface area contributed by atoms with Crippen LogP contribution >= 0.6 is 0 Å². The van der Waals surface area contributed by atoms with Crippen LogP contribution in [0.1, 0.15) is 41.5 Å². The molecule has 3 heterocycles. The molecule has 7 heteroatoms. The van der Waals surface area contributed by atoms with E-state index in [-0.39, 0.29) is 12.5 Å². The first-order valence-corrected chi connectivity index (χ1v) is 7.58. The van der Waals surface area contributed by atoms with Crippen LogP contribution in [0.25, 0.3) is 11.1 Å². The number of carboxylic acid groups (broad SMARTS) is 1. The average Bonchev–Trinajstić information content (AvgIpc) is 2.87. The summed E-state index contributed by atoms with van der Waals surface area (Å²) < 4.78 is 5.16. The largest absolute Gasteiger partial charge is 0.481 e. The number of aryl methyl sites for hydroxylation is 2. The number of amides is 1. The number of likely N-dealkylation sites (tertiary alicyclic amines) is 1. The Morgan fingerprint density at radius 2 is 2.13 bits per heavy atom. The van der Waals surface area contributed by atoms with Crippen LogP contribution in [0.5, 0.6) is 0 Å². The normalized spacial score (nSPS) is 21.6. The number of aromatic nitrogens is 2. The maximum Gasteiger partial charge on any atom is 0.311 e. The van der Waals surface area contributed by atoms with Gasteiger partial charge in [-0.1, -0.05) is 5.16 Å². The summed E-state index contributed by atoms with van der Waals surface area (Å²) >= 11 is 0. The lowest BCUT2D eigenvalue weighted by Gasteiger charge is -2.37. The molecule has 23 heavy (non-hydrogen) atoms. The molecule has 1 aliphatic heterocycles. The molecule has 0 saturated carbocycles. The standard InChI is InChI=1S/C16H19N3O4/c1-9-7-11(12-10(2)18-23-13(12)17-9)14(20)19-6-4-5-16(3,8-19)15(21)22/h7H,4-6,8H2,1-3H3,(H,21,22). The van der Waals surface area contributed by atoms with E-state index in [1.807, 2.05) is 0 Å².